The second-order valence-electron chi connectivity index (χ2n) is 17.7. The van der Waals surface area contributed by atoms with Crippen LogP contribution in [0.3, 0.4) is 0 Å². The molecule has 2 aromatic carbocycles. The van der Waals surface area contributed by atoms with Crippen LogP contribution in [0.4, 0.5) is 34.9 Å². The van der Waals surface area contributed by atoms with Crippen molar-refractivity contribution in [1.29, 1.82) is 0 Å². The van der Waals surface area contributed by atoms with Crippen LogP contribution in [0.15, 0.2) is 97.6 Å². The van der Waals surface area contributed by atoms with Crippen LogP contribution in [0.1, 0.15) is 27.7 Å². The molecule has 9 heterocycles. The largest absolute Gasteiger partial charge is 0.496 e. The van der Waals surface area contributed by atoms with Gasteiger partial charge in [-0.05, 0) is 88.4 Å². The highest BCUT2D eigenvalue weighted by Crippen LogP contribution is 2.37. The molecule has 0 bridgehead atoms. The van der Waals surface area contributed by atoms with E-state index in [9.17, 15) is 0 Å². The fourth-order valence-corrected chi connectivity index (χ4v) is 8.03. The zero-order valence-corrected chi connectivity index (χ0v) is 41.9. The molecule has 18 nitrogen and oxygen atoms in total. The van der Waals surface area contributed by atoms with Crippen molar-refractivity contribution >= 4 is 104 Å². The molecule has 11 rings (SSSR count). The summed E-state index contributed by atoms with van der Waals surface area (Å²) in [6.07, 6.45) is 7.13. The van der Waals surface area contributed by atoms with E-state index in [0.29, 0.717) is 65.2 Å². The molecule has 0 aliphatic carbocycles. The number of rotatable bonds is 8. The number of morpholine rings is 2. The Hall–Kier alpha value is -6.19. The van der Waals surface area contributed by atoms with E-state index in [0.717, 1.165) is 76.3 Å². The average Bonchev–Trinajstić information content (AvgIpc) is 4.00. The van der Waals surface area contributed by atoms with Crippen molar-refractivity contribution in [1.82, 2.24) is 49.5 Å². The summed E-state index contributed by atoms with van der Waals surface area (Å²) in [5.41, 5.74) is 7.40. The van der Waals surface area contributed by atoms with Gasteiger partial charge in [0.15, 0.2) is 0 Å². The lowest BCUT2D eigenvalue weighted by atomic mass is 9.80. The Bertz CT molecular complexity index is 3060. The fourth-order valence-electron chi connectivity index (χ4n) is 7.60. The molecule has 22 heteroatoms. The van der Waals surface area contributed by atoms with Crippen LogP contribution in [-0.4, -0.2) is 120 Å². The molecule has 3 aliphatic rings. The molecule has 0 amide bonds. The number of nitrogens with zero attached hydrogens (tertiary/aromatic N) is 12. The second kappa shape index (κ2) is 21.0. The number of pyridine rings is 2. The predicted molar refractivity (Wildman–Crippen MR) is 276 cm³/mol. The van der Waals surface area contributed by atoms with E-state index in [4.69, 9.17) is 63.6 Å². The summed E-state index contributed by atoms with van der Waals surface area (Å²) in [6.45, 7) is 13.9. The molecule has 0 saturated carbocycles. The Labute approximate surface area is 420 Å². The Morgan fingerprint density at radius 2 is 1.03 bits per heavy atom. The Kier molecular flexibility index (Phi) is 14.7. The lowest BCUT2D eigenvalue weighted by molar-refractivity contribution is 0.00578. The van der Waals surface area contributed by atoms with E-state index in [1.807, 2.05) is 119 Å². The number of benzene rings is 2. The number of ether oxygens (including phenoxy) is 2. The molecule has 8 aromatic rings. The van der Waals surface area contributed by atoms with E-state index in [1.165, 1.54) is 0 Å². The number of fused-ring (bicyclic) bond motifs is 2. The van der Waals surface area contributed by atoms with Gasteiger partial charge in [-0.15, -0.1) is 0 Å². The average molecular weight is 1010 g/mol. The third-order valence-electron chi connectivity index (χ3n) is 12.3. The molecule has 3 fully saturated rings. The van der Waals surface area contributed by atoms with Gasteiger partial charge in [-0.1, -0.05) is 34.8 Å². The second-order valence-corrected chi connectivity index (χ2v) is 19.0. The summed E-state index contributed by atoms with van der Waals surface area (Å²) in [5.74, 6) is 2.63. The molecular weight excluding hydrogens is 954 g/mol. The van der Waals surface area contributed by atoms with Gasteiger partial charge in [0.1, 0.15) is 27.8 Å². The number of nitrogens with one attached hydrogen (secondary N) is 2. The van der Waals surface area contributed by atoms with Crippen molar-refractivity contribution in [3.05, 3.63) is 113 Å². The third kappa shape index (κ3) is 11.5. The van der Waals surface area contributed by atoms with Crippen molar-refractivity contribution in [2.45, 2.75) is 38.9 Å². The molecule has 362 valence electrons. The SMILES string of the molecule is Clc1ccc(Nc2cc(Cl)nc(N3CCOCC3)n2)cc1.Cn1ncc2ncc(-c3cc(Nc4ccc(Cl)cc4)nc(N4CCOCC4)n3)cc21.Cn1ncc2ncc(B3OC(C)(C)C(C)(C)O3)cc21. The minimum atomic E-state index is -0.378. The number of hydrogen-bond donors (Lipinski definition) is 2. The standard InChI is InChI=1S/C21H20ClN7O.C14H14Cl2N4O.C13H18BN3O2/c1-28-19-10-14(12-23-18(19)13-24-28)17-11-20(25-16-4-2-15(22)3-5-16)27-21(26-17)29-6-8-30-9-7-29;15-10-1-3-11(4-2-10)17-13-9-12(16)18-14(19-13)20-5-7-21-8-6-20;1-12(2)13(3,4)19-14(18-12)9-6-11-10(15-7-9)8-16-17(11)5/h2-5,10-13H,6-9H2,1H3,(H,25,26,27);1-4,9H,5-8H2,(H,17,18,19);6-8H,1-5H3. The molecular formula is C48H52BCl3N14O4. The number of hydrogen-bond acceptors (Lipinski definition) is 16. The molecule has 0 spiro atoms. The topological polar surface area (TPSA) is 180 Å². The Morgan fingerprint density at radius 1 is 0.557 bits per heavy atom. The van der Waals surface area contributed by atoms with Gasteiger partial charge >= 0.3 is 7.12 Å². The van der Waals surface area contributed by atoms with Crippen LogP contribution < -0.4 is 25.9 Å². The molecule has 0 radical (unpaired) electrons. The van der Waals surface area contributed by atoms with Crippen molar-refractivity contribution in [2.75, 3.05) is 73.0 Å². The van der Waals surface area contributed by atoms with Gasteiger partial charge in [-0.25, -0.2) is 9.97 Å². The summed E-state index contributed by atoms with van der Waals surface area (Å²) in [5, 5.41) is 16.8. The first-order valence-corrected chi connectivity index (χ1v) is 23.9. The van der Waals surface area contributed by atoms with Crippen LogP contribution in [0, 0.1) is 0 Å². The van der Waals surface area contributed by atoms with Gasteiger partial charge in [-0.3, -0.25) is 19.3 Å². The van der Waals surface area contributed by atoms with Gasteiger partial charge in [-0.2, -0.15) is 20.2 Å². The van der Waals surface area contributed by atoms with Gasteiger partial charge in [0.25, 0.3) is 0 Å². The number of halogens is 3. The first-order valence-electron chi connectivity index (χ1n) is 22.7. The van der Waals surface area contributed by atoms with Gasteiger partial charge < -0.3 is 39.2 Å². The number of aryl methyl sites for hydroxylation is 2. The maximum Gasteiger partial charge on any atom is 0.496 e. The van der Waals surface area contributed by atoms with Crippen molar-refractivity contribution in [3.63, 3.8) is 0 Å². The summed E-state index contributed by atoms with van der Waals surface area (Å²) in [7, 11) is 3.43. The maximum absolute atomic E-state index is 6.09. The normalized spacial score (nSPS) is 16.4. The predicted octanol–water partition coefficient (Wildman–Crippen LogP) is 8.29. The van der Waals surface area contributed by atoms with Crippen LogP contribution >= 0.6 is 34.8 Å². The van der Waals surface area contributed by atoms with Gasteiger partial charge in [0.05, 0.1) is 66.8 Å². The smallest absolute Gasteiger partial charge is 0.399 e. The number of anilines is 6. The van der Waals surface area contributed by atoms with Gasteiger partial charge in [0.2, 0.25) is 11.9 Å². The van der Waals surface area contributed by atoms with Crippen molar-refractivity contribution in [3.8, 4) is 11.3 Å². The molecule has 3 saturated heterocycles. The van der Waals surface area contributed by atoms with Crippen LogP contribution in [0.2, 0.25) is 15.2 Å². The summed E-state index contributed by atoms with van der Waals surface area (Å²) >= 11 is 18.0. The zero-order valence-electron chi connectivity index (χ0n) is 39.6. The van der Waals surface area contributed by atoms with Crippen molar-refractivity contribution < 1.29 is 18.8 Å². The summed E-state index contributed by atoms with van der Waals surface area (Å²) < 4.78 is 26.5. The van der Waals surface area contributed by atoms with E-state index in [1.54, 1.807) is 29.3 Å². The molecule has 0 atom stereocenters. The Morgan fingerprint density at radius 3 is 1.56 bits per heavy atom. The van der Waals surface area contributed by atoms with E-state index < -0.39 is 0 Å². The lowest BCUT2D eigenvalue weighted by Gasteiger charge is -2.32. The highest BCUT2D eigenvalue weighted by molar-refractivity contribution is 6.62. The number of aromatic nitrogens is 10. The minimum absolute atomic E-state index is 0.334. The first kappa shape index (κ1) is 48.8. The van der Waals surface area contributed by atoms with E-state index in [2.05, 4.69) is 50.6 Å². The van der Waals surface area contributed by atoms with Crippen LogP contribution in [0.25, 0.3) is 33.3 Å². The van der Waals surface area contributed by atoms with E-state index >= 15 is 0 Å². The first-order chi connectivity index (χ1) is 33.7. The van der Waals surface area contributed by atoms with Crippen molar-refractivity contribution in [2.24, 2.45) is 14.1 Å². The monoisotopic (exact) mass is 1000 g/mol. The molecule has 6 aromatic heterocycles. The van der Waals surface area contributed by atoms with Crippen LogP contribution in [0.5, 0.6) is 0 Å². The molecule has 2 N–H and O–H groups in total. The minimum Gasteiger partial charge on any atom is -0.399 e. The Balaban J connectivity index is 0.000000135. The quantitative estimate of drug-likeness (QED) is 0.110. The molecule has 0 unspecified atom stereocenters. The van der Waals surface area contributed by atoms with Crippen LogP contribution in [-0.2, 0) is 32.9 Å². The fraction of sp³-hybridized carbons (Fsp3) is 0.333. The highest BCUT2D eigenvalue weighted by Gasteiger charge is 2.52. The molecule has 3 aliphatic heterocycles. The zero-order chi connectivity index (χ0) is 49.0. The third-order valence-corrected chi connectivity index (χ3v) is 13.0. The maximum atomic E-state index is 6.09. The lowest BCUT2D eigenvalue weighted by Crippen LogP contribution is -2.41. The van der Waals surface area contributed by atoms with Gasteiger partial charge in [0, 0.05) is 97.2 Å². The highest BCUT2D eigenvalue weighted by atomic mass is 35.5. The van der Waals surface area contributed by atoms with E-state index in [-0.39, 0.29) is 18.3 Å². The molecule has 70 heavy (non-hydrogen) atoms. The summed E-state index contributed by atoms with van der Waals surface area (Å²) in [6, 6.07) is 22.6. The summed E-state index contributed by atoms with van der Waals surface area (Å²) in [4.78, 5) is 31.5.